The SMILES string of the molecule is CCCCCCCCCc1cc[c]([Nd][CH2]C(CC)CCCC)cc1.O=P(O)(O)O. The van der Waals surface area contributed by atoms with E-state index in [1.54, 1.807) is 8.85 Å². The van der Waals surface area contributed by atoms with Crippen LogP contribution in [0.25, 0.3) is 0 Å². The molecule has 29 heavy (non-hydrogen) atoms. The van der Waals surface area contributed by atoms with Crippen molar-refractivity contribution in [1.82, 2.24) is 0 Å². The molecule has 1 unspecified atom stereocenters. The molecule has 0 radical (unpaired) electrons. The molecule has 1 atom stereocenters. The molecule has 4 nitrogen and oxygen atoms in total. The van der Waals surface area contributed by atoms with Crippen LogP contribution in [0.1, 0.15) is 97.0 Å². The van der Waals surface area contributed by atoms with Crippen LogP contribution < -0.4 is 1.21 Å². The van der Waals surface area contributed by atoms with E-state index in [4.69, 9.17) is 19.2 Å². The first-order valence-corrected chi connectivity index (χ1v) is 16.8. The Hall–Kier alpha value is 0.681. The Morgan fingerprint density at radius 2 is 1.34 bits per heavy atom. The van der Waals surface area contributed by atoms with Gasteiger partial charge in [-0.1, -0.05) is 6.92 Å². The fourth-order valence-corrected chi connectivity index (χ4v) is 7.84. The number of phosphoric acid groups is 1. The number of hydrogen-bond acceptors (Lipinski definition) is 1. The fraction of sp³-hybridized carbons (Fsp3) is 0.739. The van der Waals surface area contributed by atoms with E-state index in [0.29, 0.717) is 0 Å². The van der Waals surface area contributed by atoms with Gasteiger partial charge in [0.1, 0.15) is 0 Å². The minimum atomic E-state index is -4.64. The standard InChI is InChI=1S/C15H23.C8H17.Nd.H3O4P/c1-2-3-4-5-6-7-9-12-15-13-10-8-11-14-15;1-4-6-7-8(3)5-2;;1-5(2,3)4/h10-11,13-14H,2-7,9,12H2,1H3;8H,3-7H2,1-2H3;;(H3,1,2,3,4). The van der Waals surface area contributed by atoms with Gasteiger partial charge in [-0.2, -0.15) is 0 Å². The molecule has 0 saturated carbocycles. The minimum Gasteiger partial charge on any atom is -0.303 e. The van der Waals surface area contributed by atoms with Crippen molar-refractivity contribution in [2.75, 3.05) is 0 Å². The van der Waals surface area contributed by atoms with E-state index in [9.17, 15) is 0 Å². The van der Waals surface area contributed by atoms with Crippen molar-refractivity contribution in [3.63, 3.8) is 0 Å². The van der Waals surface area contributed by atoms with Crippen molar-refractivity contribution in [2.24, 2.45) is 5.92 Å². The summed E-state index contributed by atoms with van der Waals surface area (Å²) in [5, 5.41) is 0. The van der Waals surface area contributed by atoms with Gasteiger partial charge >= 0.3 is 174 Å². The summed E-state index contributed by atoms with van der Waals surface area (Å²) in [6.07, 6.45) is 16.8. The van der Waals surface area contributed by atoms with E-state index < -0.39 is 44.5 Å². The molecule has 0 aliphatic rings. The molecule has 0 bridgehead atoms. The topological polar surface area (TPSA) is 77.8 Å². The molecule has 1 aromatic rings. The van der Waals surface area contributed by atoms with Gasteiger partial charge in [0.2, 0.25) is 0 Å². The van der Waals surface area contributed by atoms with E-state index in [2.05, 4.69) is 45.0 Å². The largest absolute Gasteiger partial charge is 0.466 e. The maximum Gasteiger partial charge on any atom is 0.466 e. The van der Waals surface area contributed by atoms with Crippen LogP contribution in [0.5, 0.6) is 0 Å². The Morgan fingerprint density at radius 3 is 1.86 bits per heavy atom. The van der Waals surface area contributed by atoms with Gasteiger partial charge in [-0.3, -0.25) is 0 Å². The quantitative estimate of drug-likeness (QED) is 0.172. The van der Waals surface area contributed by atoms with Crippen LogP contribution in [0.2, 0.25) is 2.07 Å². The number of aryl methyl sites for hydroxylation is 1. The monoisotopic (exact) mass is 556 g/mol. The third-order valence-electron chi connectivity index (χ3n) is 5.16. The summed E-state index contributed by atoms with van der Waals surface area (Å²) in [7, 11) is -4.64. The number of unbranched alkanes of at least 4 members (excludes halogenated alkanes) is 7. The summed E-state index contributed by atoms with van der Waals surface area (Å²) < 4.78 is 12.2. The van der Waals surface area contributed by atoms with Gasteiger partial charge in [0.05, 0.1) is 0 Å². The summed E-state index contributed by atoms with van der Waals surface area (Å²) in [6.45, 7) is 6.99. The smallest absolute Gasteiger partial charge is 0.303 e. The van der Waals surface area contributed by atoms with Crippen LogP contribution >= 0.6 is 7.82 Å². The van der Waals surface area contributed by atoms with Crippen molar-refractivity contribution in [3.05, 3.63) is 29.8 Å². The van der Waals surface area contributed by atoms with Gasteiger partial charge in [0, 0.05) is 0 Å². The van der Waals surface area contributed by atoms with Crippen LogP contribution in [0, 0.1) is 42.6 Å². The molecule has 0 heterocycles. The number of rotatable bonds is 15. The molecular formula is C23H43NdO4P. The molecule has 6 heteroatoms. The molecule has 0 amide bonds. The number of hydrogen-bond donors (Lipinski definition) is 3. The zero-order chi connectivity index (χ0) is 22.0. The first-order valence-electron chi connectivity index (χ1n) is 11.4. The third kappa shape index (κ3) is 21.7. The van der Waals surface area contributed by atoms with Crippen molar-refractivity contribution >= 4 is 9.04 Å². The van der Waals surface area contributed by atoms with Gasteiger partial charge in [-0.15, -0.1) is 0 Å². The summed E-state index contributed by atoms with van der Waals surface area (Å²) in [4.78, 5) is 21.6. The fourth-order valence-electron chi connectivity index (χ4n) is 3.28. The van der Waals surface area contributed by atoms with Crippen molar-refractivity contribution in [1.29, 1.82) is 0 Å². The zero-order valence-electron chi connectivity index (χ0n) is 18.8. The van der Waals surface area contributed by atoms with Crippen LogP contribution in [0.4, 0.5) is 0 Å². The predicted molar refractivity (Wildman–Crippen MR) is 120 cm³/mol. The van der Waals surface area contributed by atoms with E-state index in [1.165, 1.54) is 77.0 Å². The van der Waals surface area contributed by atoms with Gasteiger partial charge in [-0.25, -0.2) is 4.57 Å². The summed E-state index contributed by atoms with van der Waals surface area (Å²) >= 11 is -0.575. The average molecular weight is 559 g/mol. The van der Waals surface area contributed by atoms with Crippen LogP contribution in [-0.4, -0.2) is 14.7 Å². The van der Waals surface area contributed by atoms with E-state index in [1.807, 2.05) is 0 Å². The number of benzene rings is 1. The van der Waals surface area contributed by atoms with Gasteiger partial charge in [0.15, 0.2) is 0 Å². The van der Waals surface area contributed by atoms with Gasteiger partial charge in [-0.05, 0) is 0 Å². The molecule has 1 aromatic carbocycles. The molecule has 168 valence electrons. The molecule has 0 aliphatic carbocycles. The first-order chi connectivity index (χ1) is 13.8. The Bertz CT molecular complexity index is 522. The van der Waals surface area contributed by atoms with Gasteiger partial charge in [0.25, 0.3) is 0 Å². The minimum absolute atomic E-state index is 0.575. The second kappa shape index (κ2) is 19.4. The van der Waals surface area contributed by atoms with Crippen LogP contribution in [-0.2, 0) is 11.0 Å². The molecule has 0 aromatic heterocycles. The van der Waals surface area contributed by atoms with E-state index >= 15 is 0 Å². The predicted octanol–water partition coefficient (Wildman–Crippen LogP) is 6.40. The Balaban J connectivity index is 0.00000139. The maximum absolute atomic E-state index is 8.88. The molecule has 0 saturated heterocycles. The second-order valence-electron chi connectivity index (χ2n) is 7.88. The summed E-state index contributed by atoms with van der Waals surface area (Å²) in [6, 6.07) is 9.78. The van der Waals surface area contributed by atoms with E-state index in [-0.39, 0.29) is 0 Å². The second-order valence-corrected chi connectivity index (χ2v) is 13.2. The summed E-state index contributed by atoms with van der Waals surface area (Å²) in [5.41, 5.74) is 1.56. The molecule has 3 N–H and O–H groups in total. The van der Waals surface area contributed by atoms with Crippen molar-refractivity contribution in [3.8, 4) is 0 Å². The van der Waals surface area contributed by atoms with E-state index in [0.717, 1.165) is 5.92 Å². The third-order valence-corrected chi connectivity index (χ3v) is 10.0. The maximum atomic E-state index is 8.88. The van der Waals surface area contributed by atoms with Crippen molar-refractivity contribution < 1.29 is 56.0 Å². The summed E-state index contributed by atoms with van der Waals surface area (Å²) in [5.74, 6) is 1.01. The molecule has 0 aliphatic heterocycles. The molecule has 0 spiro atoms. The average Bonchev–Trinajstić information content (AvgIpc) is 2.67. The Kier molecular flexibility index (Phi) is 19.8. The molecule has 0 fully saturated rings. The van der Waals surface area contributed by atoms with Crippen LogP contribution in [0.15, 0.2) is 24.3 Å². The van der Waals surface area contributed by atoms with Crippen LogP contribution in [0.3, 0.4) is 0 Å². The first kappa shape index (κ1) is 29.7. The molecular weight excluding hydrogens is 515 g/mol. The van der Waals surface area contributed by atoms with Crippen molar-refractivity contribution in [2.45, 2.75) is 99.9 Å². The molecule has 1 rings (SSSR count). The normalized spacial score (nSPS) is 12.2. The Morgan fingerprint density at radius 1 is 0.828 bits per heavy atom. The van der Waals surface area contributed by atoms with Gasteiger partial charge < -0.3 is 14.7 Å². The Labute approximate surface area is 199 Å². The zero-order valence-corrected chi connectivity index (χ0v) is 22.9.